The molecule has 0 amide bonds. The Morgan fingerprint density at radius 1 is 1.53 bits per heavy atom. The van der Waals surface area contributed by atoms with E-state index in [1.807, 2.05) is 19.2 Å². The second-order valence-corrected chi connectivity index (χ2v) is 4.48. The topological polar surface area (TPSA) is 43.6 Å². The predicted molar refractivity (Wildman–Crippen MR) is 64.8 cm³/mol. The van der Waals surface area contributed by atoms with Gasteiger partial charge in [-0.05, 0) is 32.0 Å². The highest BCUT2D eigenvalue weighted by Crippen LogP contribution is 2.29. The Kier molecular flexibility index (Phi) is 4.59. The van der Waals surface area contributed by atoms with E-state index in [1.165, 1.54) is 6.42 Å². The van der Waals surface area contributed by atoms with Gasteiger partial charge in [0.05, 0.1) is 12.6 Å². The van der Waals surface area contributed by atoms with Gasteiger partial charge in [0.15, 0.2) is 0 Å². The van der Waals surface area contributed by atoms with Crippen molar-refractivity contribution in [1.82, 2.24) is 5.32 Å². The number of hydrogen-bond donors (Lipinski definition) is 1. The normalized spacial score (nSPS) is 22.6. The highest BCUT2D eigenvalue weighted by molar-refractivity contribution is 5.11. The van der Waals surface area contributed by atoms with Gasteiger partial charge in [-0.3, -0.25) is 0 Å². The Bertz CT molecular complexity index is 331. The zero-order valence-electron chi connectivity index (χ0n) is 10.6. The van der Waals surface area contributed by atoms with Crippen molar-refractivity contribution >= 4 is 0 Å². The van der Waals surface area contributed by atoms with Gasteiger partial charge in [0, 0.05) is 19.6 Å². The van der Waals surface area contributed by atoms with Crippen LogP contribution in [0.5, 0.6) is 0 Å². The zero-order valence-corrected chi connectivity index (χ0v) is 10.6. The second kappa shape index (κ2) is 6.19. The van der Waals surface area contributed by atoms with Crippen LogP contribution in [-0.2, 0) is 16.1 Å². The average Bonchev–Trinajstić information content (AvgIpc) is 2.81. The van der Waals surface area contributed by atoms with E-state index in [0.29, 0.717) is 12.5 Å². The molecule has 1 saturated heterocycles. The van der Waals surface area contributed by atoms with E-state index < -0.39 is 0 Å². The lowest BCUT2D eigenvalue weighted by Gasteiger charge is -2.28. The molecule has 0 aromatic carbocycles. The zero-order chi connectivity index (χ0) is 12.1. The van der Waals surface area contributed by atoms with E-state index in [-0.39, 0.29) is 6.04 Å². The van der Waals surface area contributed by atoms with Crippen molar-refractivity contribution in [3.05, 3.63) is 23.7 Å². The third-order valence-corrected chi connectivity index (χ3v) is 3.25. The van der Waals surface area contributed by atoms with Gasteiger partial charge in [0.25, 0.3) is 0 Å². The first-order valence-electron chi connectivity index (χ1n) is 6.17. The van der Waals surface area contributed by atoms with Gasteiger partial charge in [-0.1, -0.05) is 0 Å². The van der Waals surface area contributed by atoms with E-state index in [0.717, 1.165) is 31.2 Å². The molecule has 0 radical (unpaired) electrons. The van der Waals surface area contributed by atoms with Gasteiger partial charge in [-0.25, -0.2) is 0 Å². The van der Waals surface area contributed by atoms with Crippen LogP contribution in [0.3, 0.4) is 0 Å². The Morgan fingerprint density at radius 2 is 2.41 bits per heavy atom. The quantitative estimate of drug-likeness (QED) is 0.854. The molecule has 1 N–H and O–H groups in total. The smallest absolute Gasteiger partial charge is 0.129 e. The molecule has 0 aliphatic carbocycles. The van der Waals surface area contributed by atoms with Crippen molar-refractivity contribution in [1.29, 1.82) is 0 Å². The Hall–Kier alpha value is -0.840. The minimum absolute atomic E-state index is 0.237. The van der Waals surface area contributed by atoms with Crippen molar-refractivity contribution in [3.8, 4) is 0 Å². The fourth-order valence-electron chi connectivity index (χ4n) is 2.42. The van der Waals surface area contributed by atoms with E-state index in [1.54, 1.807) is 7.11 Å². The summed E-state index contributed by atoms with van der Waals surface area (Å²) in [4.78, 5) is 0. The molecule has 0 bridgehead atoms. The van der Waals surface area contributed by atoms with Crippen LogP contribution in [0, 0.1) is 5.92 Å². The summed E-state index contributed by atoms with van der Waals surface area (Å²) in [6.07, 6.45) is 2.32. The molecule has 1 aliphatic heterocycles. The summed E-state index contributed by atoms with van der Waals surface area (Å²) in [7, 11) is 3.64. The molecule has 17 heavy (non-hydrogen) atoms. The minimum atomic E-state index is 0.237. The Labute approximate surface area is 102 Å². The van der Waals surface area contributed by atoms with Crippen molar-refractivity contribution in [2.75, 3.05) is 27.4 Å². The summed E-state index contributed by atoms with van der Waals surface area (Å²) in [5.74, 6) is 2.35. The van der Waals surface area contributed by atoms with E-state index >= 15 is 0 Å². The summed E-state index contributed by atoms with van der Waals surface area (Å²) < 4.78 is 16.4. The molecular formula is C13H21NO3. The summed E-state index contributed by atoms with van der Waals surface area (Å²) in [5, 5.41) is 3.33. The van der Waals surface area contributed by atoms with Crippen LogP contribution < -0.4 is 5.32 Å². The summed E-state index contributed by atoms with van der Waals surface area (Å²) in [5.41, 5.74) is 0. The van der Waals surface area contributed by atoms with Crippen LogP contribution in [0.4, 0.5) is 0 Å². The Balaban J connectivity index is 2.04. The van der Waals surface area contributed by atoms with Gasteiger partial charge in [0.1, 0.15) is 18.1 Å². The SMILES string of the molecule is CNC(c1ccc(COC)o1)C1CCCOC1. The first-order valence-corrected chi connectivity index (χ1v) is 6.17. The Morgan fingerprint density at radius 3 is 3.06 bits per heavy atom. The molecule has 2 heterocycles. The van der Waals surface area contributed by atoms with Crippen LogP contribution in [0.25, 0.3) is 0 Å². The number of nitrogens with one attached hydrogen (secondary N) is 1. The third kappa shape index (κ3) is 3.09. The number of methoxy groups -OCH3 is 1. The van der Waals surface area contributed by atoms with Gasteiger partial charge in [0.2, 0.25) is 0 Å². The van der Waals surface area contributed by atoms with Crippen LogP contribution in [-0.4, -0.2) is 27.4 Å². The lowest BCUT2D eigenvalue weighted by Crippen LogP contribution is -2.31. The highest BCUT2D eigenvalue weighted by atomic mass is 16.5. The van der Waals surface area contributed by atoms with Crippen LogP contribution in [0.1, 0.15) is 30.4 Å². The van der Waals surface area contributed by atoms with Crippen LogP contribution in [0.2, 0.25) is 0 Å². The molecule has 1 aromatic rings. The molecule has 2 atom stereocenters. The average molecular weight is 239 g/mol. The third-order valence-electron chi connectivity index (χ3n) is 3.25. The van der Waals surface area contributed by atoms with Gasteiger partial charge < -0.3 is 19.2 Å². The maximum Gasteiger partial charge on any atom is 0.129 e. The highest BCUT2D eigenvalue weighted by Gasteiger charge is 2.26. The standard InChI is InChI=1S/C13H21NO3/c1-14-13(10-4-3-7-16-8-10)12-6-5-11(17-12)9-15-2/h5-6,10,13-14H,3-4,7-9H2,1-2H3. The fraction of sp³-hybridized carbons (Fsp3) is 0.692. The molecule has 2 rings (SSSR count). The van der Waals surface area contributed by atoms with Crippen LogP contribution in [0.15, 0.2) is 16.5 Å². The number of furan rings is 1. The lowest BCUT2D eigenvalue weighted by molar-refractivity contribution is 0.0363. The van der Waals surface area contributed by atoms with Crippen molar-refractivity contribution < 1.29 is 13.9 Å². The molecule has 0 saturated carbocycles. The predicted octanol–water partition coefficient (Wildman–Crippen LogP) is 2.11. The number of hydrogen-bond acceptors (Lipinski definition) is 4. The molecule has 1 aromatic heterocycles. The van der Waals surface area contributed by atoms with Gasteiger partial charge >= 0.3 is 0 Å². The van der Waals surface area contributed by atoms with E-state index in [4.69, 9.17) is 13.9 Å². The fourth-order valence-corrected chi connectivity index (χ4v) is 2.42. The molecular weight excluding hydrogens is 218 g/mol. The number of ether oxygens (including phenoxy) is 2. The van der Waals surface area contributed by atoms with E-state index in [2.05, 4.69) is 5.32 Å². The van der Waals surface area contributed by atoms with Crippen molar-refractivity contribution in [3.63, 3.8) is 0 Å². The monoisotopic (exact) mass is 239 g/mol. The van der Waals surface area contributed by atoms with Gasteiger partial charge in [-0.15, -0.1) is 0 Å². The number of rotatable bonds is 5. The maximum absolute atomic E-state index is 5.79. The largest absolute Gasteiger partial charge is 0.462 e. The first kappa shape index (κ1) is 12.6. The molecule has 2 unspecified atom stereocenters. The molecule has 4 nitrogen and oxygen atoms in total. The molecule has 4 heteroatoms. The summed E-state index contributed by atoms with van der Waals surface area (Å²) >= 11 is 0. The van der Waals surface area contributed by atoms with Crippen molar-refractivity contribution in [2.45, 2.75) is 25.5 Å². The van der Waals surface area contributed by atoms with Crippen LogP contribution >= 0.6 is 0 Å². The van der Waals surface area contributed by atoms with E-state index in [9.17, 15) is 0 Å². The molecule has 96 valence electrons. The minimum Gasteiger partial charge on any atom is -0.462 e. The first-order chi connectivity index (χ1) is 8.35. The molecule has 1 fully saturated rings. The van der Waals surface area contributed by atoms with Gasteiger partial charge in [-0.2, -0.15) is 0 Å². The maximum atomic E-state index is 5.79. The summed E-state index contributed by atoms with van der Waals surface area (Å²) in [6, 6.07) is 4.25. The second-order valence-electron chi connectivity index (χ2n) is 4.48. The molecule has 1 aliphatic rings. The summed E-state index contributed by atoms with van der Waals surface area (Å²) in [6.45, 7) is 2.23. The lowest BCUT2D eigenvalue weighted by atomic mass is 9.92. The van der Waals surface area contributed by atoms with Crippen molar-refractivity contribution in [2.24, 2.45) is 5.92 Å². The molecule has 0 spiro atoms.